The molecule has 0 radical (unpaired) electrons. The third kappa shape index (κ3) is 2.92. The molecule has 4 nitrogen and oxygen atoms in total. The molecule has 0 atom stereocenters. The minimum atomic E-state index is -0.199. The van der Waals surface area contributed by atoms with Gasteiger partial charge in [0, 0.05) is 43.6 Å². The summed E-state index contributed by atoms with van der Waals surface area (Å²) < 4.78 is 16.3. The van der Waals surface area contributed by atoms with Gasteiger partial charge in [-0.3, -0.25) is 4.79 Å². The van der Waals surface area contributed by atoms with E-state index in [1.807, 2.05) is 28.9 Å². The van der Waals surface area contributed by atoms with E-state index in [1.54, 1.807) is 12.1 Å². The Labute approximate surface area is 147 Å². The Hall–Kier alpha value is -2.30. The quantitative estimate of drug-likeness (QED) is 0.854. The average molecular weight is 341 g/mol. The van der Waals surface area contributed by atoms with Crippen LogP contribution in [0.2, 0.25) is 0 Å². The van der Waals surface area contributed by atoms with Crippen LogP contribution < -0.4 is 4.90 Å². The van der Waals surface area contributed by atoms with Crippen molar-refractivity contribution in [3.05, 3.63) is 53.1 Å². The van der Waals surface area contributed by atoms with Gasteiger partial charge < -0.3 is 14.4 Å². The molecule has 5 heteroatoms. The van der Waals surface area contributed by atoms with Crippen molar-refractivity contribution in [1.82, 2.24) is 9.47 Å². The molecule has 0 N–H and O–H groups in total. The van der Waals surface area contributed by atoms with Gasteiger partial charge >= 0.3 is 0 Å². The zero-order valence-electron chi connectivity index (χ0n) is 14.8. The molecule has 0 bridgehead atoms. The number of amides is 1. The van der Waals surface area contributed by atoms with Gasteiger partial charge in [0.2, 0.25) is 0 Å². The summed E-state index contributed by atoms with van der Waals surface area (Å²) in [6, 6.07) is 9.45. The first-order chi connectivity index (χ1) is 12.1. The summed E-state index contributed by atoms with van der Waals surface area (Å²) in [6.45, 7) is 6.70. The summed E-state index contributed by atoms with van der Waals surface area (Å²) in [5.41, 5.74) is 3.71. The minimum absolute atomic E-state index is 0.105. The molecule has 132 valence electrons. The van der Waals surface area contributed by atoms with E-state index in [4.69, 9.17) is 0 Å². The van der Waals surface area contributed by atoms with Crippen molar-refractivity contribution in [3.63, 3.8) is 0 Å². The zero-order chi connectivity index (χ0) is 17.6. The molecular weight excluding hydrogens is 317 g/mol. The normalized spacial score (nSPS) is 17.9. The van der Waals surface area contributed by atoms with Gasteiger partial charge in [0.25, 0.3) is 5.91 Å². The molecule has 1 aliphatic carbocycles. The Morgan fingerprint density at radius 1 is 1.08 bits per heavy atom. The second-order valence-electron chi connectivity index (χ2n) is 7.12. The number of nitrogens with zero attached hydrogens (tertiary/aromatic N) is 3. The van der Waals surface area contributed by atoms with E-state index in [0.29, 0.717) is 37.9 Å². The fourth-order valence-electron chi connectivity index (χ4n) is 3.92. The largest absolute Gasteiger partial charge is 0.366 e. The van der Waals surface area contributed by atoms with Crippen LogP contribution in [0.4, 0.5) is 10.1 Å². The SMILES string of the molecule is Cc1cc(C(=O)N2CCN(c3ccccc3F)CC2)c(C)n1C1CC1. The second-order valence-corrected chi connectivity index (χ2v) is 7.12. The van der Waals surface area contributed by atoms with E-state index in [-0.39, 0.29) is 11.7 Å². The number of hydrogen-bond acceptors (Lipinski definition) is 2. The summed E-state index contributed by atoms with van der Waals surface area (Å²) in [5, 5.41) is 0. The molecular formula is C20H24FN3O. The third-order valence-corrected chi connectivity index (χ3v) is 5.39. The Morgan fingerprint density at radius 2 is 1.76 bits per heavy atom. The fraction of sp³-hybridized carbons (Fsp3) is 0.450. The average Bonchev–Trinajstić information content (AvgIpc) is 3.40. The number of aryl methyl sites for hydroxylation is 1. The smallest absolute Gasteiger partial charge is 0.255 e. The molecule has 1 aliphatic heterocycles. The van der Waals surface area contributed by atoms with Crippen LogP contribution in [0.3, 0.4) is 0 Å². The second kappa shape index (κ2) is 6.21. The van der Waals surface area contributed by atoms with Gasteiger partial charge in [0.15, 0.2) is 0 Å². The molecule has 2 aliphatic rings. The van der Waals surface area contributed by atoms with Crippen LogP contribution in [-0.2, 0) is 0 Å². The van der Waals surface area contributed by atoms with Crippen LogP contribution >= 0.6 is 0 Å². The Kier molecular flexibility index (Phi) is 4.02. The van der Waals surface area contributed by atoms with E-state index in [0.717, 1.165) is 11.3 Å². The maximum absolute atomic E-state index is 14.0. The summed E-state index contributed by atoms with van der Waals surface area (Å²) in [5.74, 6) is -0.0940. The lowest BCUT2D eigenvalue weighted by Gasteiger charge is -2.36. The summed E-state index contributed by atoms with van der Waals surface area (Å²) in [6.07, 6.45) is 2.43. The molecule has 1 amide bonds. The molecule has 1 aromatic heterocycles. The maximum Gasteiger partial charge on any atom is 0.255 e. The number of piperazine rings is 1. The number of hydrogen-bond donors (Lipinski definition) is 0. The number of rotatable bonds is 3. The van der Waals surface area contributed by atoms with E-state index in [9.17, 15) is 9.18 Å². The Bertz CT molecular complexity index is 801. The summed E-state index contributed by atoms with van der Waals surface area (Å²) in [7, 11) is 0. The lowest BCUT2D eigenvalue weighted by molar-refractivity contribution is 0.0746. The van der Waals surface area contributed by atoms with Crippen molar-refractivity contribution in [1.29, 1.82) is 0 Å². The predicted molar refractivity (Wildman–Crippen MR) is 96.7 cm³/mol. The molecule has 4 rings (SSSR count). The summed E-state index contributed by atoms with van der Waals surface area (Å²) in [4.78, 5) is 16.9. The van der Waals surface area contributed by atoms with E-state index >= 15 is 0 Å². The molecule has 2 fully saturated rings. The molecule has 2 heterocycles. The highest BCUT2D eigenvalue weighted by Gasteiger charge is 2.30. The van der Waals surface area contributed by atoms with Crippen molar-refractivity contribution in [2.75, 3.05) is 31.1 Å². The molecule has 1 saturated heterocycles. The molecule has 0 unspecified atom stereocenters. The van der Waals surface area contributed by atoms with Crippen molar-refractivity contribution in [3.8, 4) is 0 Å². The van der Waals surface area contributed by atoms with Crippen LogP contribution in [0.25, 0.3) is 0 Å². The van der Waals surface area contributed by atoms with Gasteiger partial charge in [0.1, 0.15) is 5.82 Å². The number of carbonyl (C=O) groups excluding carboxylic acids is 1. The number of carbonyl (C=O) groups is 1. The first kappa shape index (κ1) is 16.2. The van der Waals surface area contributed by atoms with Gasteiger partial charge in [-0.05, 0) is 44.9 Å². The highest BCUT2D eigenvalue weighted by atomic mass is 19.1. The fourth-order valence-corrected chi connectivity index (χ4v) is 3.92. The number of anilines is 1. The lowest BCUT2D eigenvalue weighted by atomic mass is 10.2. The van der Waals surface area contributed by atoms with Gasteiger partial charge in [-0.15, -0.1) is 0 Å². The van der Waals surface area contributed by atoms with E-state index in [1.165, 1.54) is 24.6 Å². The maximum atomic E-state index is 14.0. The van der Waals surface area contributed by atoms with Crippen LogP contribution in [0.5, 0.6) is 0 Å². The van der Waals surface area contributed by atoms with Crippen molar-refractivity contribution < 1.29 is 9.18 Å². The first-order valence-electron chi connectivity index (χ1n) is 9.03. The predicted octanol–water partition coefficient (Wildman–Crippen LogP) is 3.54. The third-order valence-electron chi connectivity index (χ3n) is 5.39. The molecule has 2 aromatic rings. The van der Waals surface area contributed by atoms with Crippen molar-refractivity contribution in [2.45, 2.75) is 32.7 Å². The Morgan fingerprint density at radius 3 is 2.40 bits per heavy atom. The monoisotopic (exact) mass is 341 g/mol. The van der Waals surface area contributed by atoms with E-state index < -0.39 is 0 Å². The first-order valence-corrected chi connectivity index (χ1v) is 9.03. The van der Waals surface area contributed by atoms with Gasteiger partial charge in [-0.2, -0.15) is 0 Å². The number of para-hydroxylation sites is 1. The van der Waals surface area contributed by atoms with Gasteiger partial charge in [0.05, 0.1) is 11.3 Å². The minimum Gasteiger partial charge on any atom is -0.366 e. The molecule has 1 saturated carbocycles. The molecule has 25 heavy (non-hydrogen) atoms. The Balaban J connectivity index is 1.47. The summed E-state index contributed by atoms with van der Waals surface area (Å²) >= 11 is 0. The standard InChI is InChI=1S/C20H24FN3O/c1-14-13-17(15(2)24(14)16-7-8-16)20(25)23-11-9-22(10-12-23)19-6-4-3-5-18(19)21/h3-6,13,16H,7-12H2,1-2H3. The van der Waals surface area contributed by atoms with E-state index in [2.05, 4.69) is 11.5 Å². The number of aromatic nitrogens is 1. The molecule has 0 spiro atoms. The zero-order valence-corrected chi connectivity index (χ0v) is 14.8. The number of benzene rings is 1. The van der Waals surface area contributed by atoms with Gasteiger partial charge in [-0.25, -0.2) is 4.39 Å². The van der Waals surface area contributed by atoms with Crippen LogP contribution in [0.1, 0.15) is 40.6 Å². The van der Waals surface area contributed by atoms with Crippen LogP contribution in [-0.4, -0.2) is 41.6 Å². The van der Waals surface area contributed by atoms with Crippen molar-refractivity contribution in [2.24, 2.45) is 0 Å². The van der Waals surface area contributed by atoms with Crippen molar-refractivity contribution >= 4 is 11.6 Å². The molecule has 1 aromatic carbocycles. The highest BCUT2D eigenvalue weighted by molar-refractivity contribution is 5.96. The van der Waals surface area contributed by atoms with Crippen LogP contribution in [0.15, 0.2) is 30.3 Å². The van der Waals surface area contributed by atoms with Gasteiger partial charge in [-0.1, -0.05) is 12.1 Å². The lowest BCUT2D eigenvalue weighted by Crippen LogP contribution is -2.49. The van der Waals surface area contributed by atoms with Crippen LogP contribution in [0, 0.1) is 19.7 Å². The number of halogens is 1. The topological polar surface area (TPSA) is 28.5 Å². The highest BCUT2D eigenvalue weighted by Crippen LogP contribution is 2.38.